The molecule has 1 N–H and O–H groups in total. The first-order chi connectivity index (χ1) is 60.8. The number of aromatic nitrogens is 6. The predicted molar refractivity (Wildman–Crippen MR) is 468 cm³/mol. The van der Waals surface area contributed by atoms with Crippen LogP contribution in [0.2, 0.25) is 0 Å². The summed E-state index contributed by atoms with van der Waals surface area (Å²) in [7, 11) is 6.28. The van der Waals surface area contributed by atoms with Crippen molar-refractivity contribution in [3.8, 4) is 36.2 Å². The number of ether oxygens (including phenoxy) is 3. The number of allylic oxidation sites excluding steroid dienone is 1. The molecule has 28 nitrogen and oxygen atoms in total. The highest BCUT2D eigenvalue weighted by Gasteiger charge is 2.45. The molecule has 8 atom stereocenters. The number of nitrogens with zero attached hydrogens (tertiary/aromatic N) is 21. The molecule has 9 aliphatic heterocycles. The molecule has 0 bridgehead atoms. The van der Waals surface area contributed by atoms with Crippen LogP contribution >= 0.6 is 0 Å². The number of alkyl halides is 6. The van der Waals surface area contributed by atoms with E-state index in [0.717, 1.165) is 135 Å². The van der Waals surface area contributed by atoms with E-state index in [4.69, 9.17) is 44.1 Å². The minimum atomic E-state index is -4.96. The lowest BCUT2D eigenvalue weighted by Gasteiger charge is -2.42. The summed E-state index contributed by atoms with van der Waals surface area (Å²) >= 11 is 0. The van der Waals surface area contributed by atoms with Crippen molar-refractivity contribution in [1.82, 2.24) is 59.3 Å². The second kappa shape index (κ2) is 37.9. The third kappa shape index (κ3) is 19.4. The Morgan fingerprint density at radius 3 is 1.43 bits per heavy atom. The number of halogens is 6. The maximum absolute atomic E-state index is 14.1. The first-order valence-corrected chi connectivity index (χ1v) is 44.1. The number of aliphatic hydroxyl groups is 1. The van der Waals surface area contributed by atoms with E-state index in [1.54, 1.807) is 4.90 Å². The van der Waals surface area contributed by atoms with Crippen LogP contribution in [0.3, 0.4) is 0 Å². The van der Waals surface area contributed by atoms with Gasteiger partial charge in [-0.05, 0) is 189 Å². The van der Waals surface area contributed by atoms with Crippen molar-refractivity contribution in [2.45, 2.75) is 186 Å². The van der Waals surface area contributed by atoms with Crippen molar-refractivity contribution < 1.29 is 60.0 Å². The van der Waals surface area contributed by atoms with Crippen LogP contribution in [0.1, 0.15) is 135 Å². The Balaban J connectivity index is 0.653. The van der Waals surface area contributed by atoms with Gasteiger partial charge >= 0.3 is 30.4 Å². The van der Waals surface area contributed by atoms with Gasteiger partial charge in [0, 0.05) is 161 Å². The minimum Gasteiger partial charge on any atom is -0.462 e. The van der Waals surface area contributed by atoms with Crippen LogP contribution in [0, 0.1) is 75.5 Å². The molecule has 6 aromatic rings. The summed E-state index contributed by atoms with van der Waals surface area (Å²) in [6.45, 7) is 27.5. The number of hydrogen-bond donors (Lipinski definition) is 1. The normalized spacial score (nSPS) is 22.6. The number of anilines is 6. The number of hydrogen-bond acceptors (Lipinski definition) is 25. The maximum Gasteiger partial charge on any atom is 0.421 e. The Morgan fingerprint density at radius 2 is 0.953 bits per heavy atom. The van der Waals surface area contributed by atoms with Crippen molar-refractivity contribution >= 4 is 52.2 Å². The molecule has 0 saturated carbocycles. The van der Waals surface area contributed by atoms with E-state index >= 15 is 0 Å². The Bertz CT molecular complexity index is 5360. The monoisotopic (exact) mass is 1750 g/mol. The number of likely N-dealkylation sites (N-methyl/N-ethyl adjacent to an activating group) is 3. The molecular formula is C93H113F6N21O7. The molecule has 12 heterocycles. The molecule has 15 rings (SSSR count). The van der Waals surface area contributed by atoms with Crippen LogP contribution in [-0.2, 0) is 53.3 Å². The highest BCUT2D eigenvalue weighted by atomic mass is 19.4. The molecule has 0 aliphatic carbocycles. The number of amides is 3. The molecule has 9 aliphatic rings. The Labute approximate surface area is 738 Å². The number of nitriles is 3. The average molecular weight is 1750 g/mol. The van der Waals surface area contributed by atoms with Gasteiger partial charge in [0.1, 0.15) is 42.8 Å². The van der Waals surface area contributed by atoms with Crippen LogP contribution in [0.5, 0.6) is 18.0 Å². The SMILES string of the molecule is C=C(CO)C(=O)N1CCN(c2nc(OC[C@@H]3CCCN3C)nc3c2CCN(c2cc(C4C[C@@H](COc5nc6c(c(N7CCN(C(=O)C(=C)C(F)(F)F)[C@@H](CC#N)C7)n5)CCN(c5ccc(C7C[C@@H](COc8nc9c(c(N%10CCN(C(=O)/C=C/C(F)(F)F)[C@@H](CC#N)C%10)n8)CCN(c8cccc(C)c8C)C9)N(C)C7)c(C)c5C)C6)N(C)C4)cc(C)c2C)C3)C[C@@H]1CC#N. The van der Waals surface area contributed by atoms with Gasteiger partial charge in [0.2, 0.25) is 5.91 Å². The van der Waals surface area contributed by atoms with Gasteiger partial charge in [0.15, 0.2) is 0 Å². The summed E-state index contributed by atoms with van der Waals surface area (Å²) in [5, 5.41) is 39.8. The maximum atomic E-state index is 14.1. The molecule has 2 unspecified atom stereocenters. The van der Waals surface area contributed by atoms with Gasteiger partial charge in [-0.15, -0.1) is 0 Å². The molecule has 674 valence electrons. The number of fused-ring (bicyclic) bond motifs is 3. The van der Waals surface area contributed by atoms with Crippen LogP contribution in [-0.4, -0.2) is 276 Å². The lowest BCUT2D eigenvalue weighted by Crippen LogP contribution is -2.56. The van der Waals surface area contributed by atoms with Gasteiger partial charge in [0.05, 0.1) is 98.9 Å². The number of aliphatic hydroxyl groups excluding tert-OH is 1. The third-order valence-electron chi connectivity index (χ3n) is 27.9. The van der Waals surface area contributed by atoms with Crippen molar-refractivity contribution in [2.24, 2.45) is 0 Å². The van der Waals surface area contributed by atoms with Gasteiger partial charge in [0.25, 0.3) is 11.8 Å². The molecule has 0 spiro atoms. The van der Waals surface area contributed by atoms with Gasteiger partial charge in [-0.3, -0.25) is 24.2 Å². The van der Waals surface area contributed by atoms with Crippen LogP contribution in [0.25, 0.3) is 0 Å². The molecule has 3 aromatic carbocycles. The molecule has 0 radical (unpaired) electrons. The summed E-state index contributed by atoms with van der Waals surface area (Å²) in [4.78, 5) is 95.1. The largest absolute Gasteiger partial charge is 0.462 e. The zero-order valence-corrected chi connectivity index (χ0v) is 73.9. The third-order valence-corrected chi connectivity index (χ3v) is 27.9. The average Bonchev–Trinajstić information content (AvgIpc) is 0.977. The van der Waals surface area contributed by atoms with E-state index in [2.05, 4.69) is 165 Å². The van der Waals surface area contributed by atoms with Crippen LogP contribution in [0.4, 0.5) is 60.9 Å². The van der Waals surface area contributed by atoms with E-state index < -0.39 is 54.5 Å². The topological polar surface area (TPSA) is 287 Å². The van der Waals surface area contributed by atoms with E-state index in [-0.39, 0.29) is 137 Å². The second-order valence-electron chi connectivity index (χ2n) is 35.7. The van der Waals surface area contributed by atoms with E-state index in [1.165, 1.54) is 16.0 Å². The highest BCUT2D eigenvalue weighted by molar-refractivity contribution is 5.95. The fourth-order valence-corrected chi connectivity index (χ4v) is 20.2. The highest BCUT2D eigenvalue weighted by Crippen LogP contribution is 2.44. The quantitative estimate of drug-likeness (QED) is 0.0435. The number of aryl methyl sites for hydroxylation is 2. The summed E-state index contributed by atoms with van der Waals surface area (Å²) in [6, 6.07) is 20.4. The summed E-state index contributed by atoms with van der Waals surface area (Å²) in [6.07, 6.45) is -4.12. The number of piperazine rings is 3. The number of benzene rings is 3. The van der Waals surface area contributed by atoms with Crippen molar-refractivity contribution in [3.63, 3.8) is 0 Å². The molecule has 6 fully saturated rings. The fraction of sp³-hybridized carbons (Fsp3) is 0.548. The van der Waals surface area contributed by atoms with E-state index in [1.807, 2.05) is 15.9 Å². The lowest BCUT2D eigenvalue weighted by atomic mass is 9.89. The van der Waals surface area contributed by atoms with Gasteiger partial charge < -0.3 is 68.3 Å². The molecule has 6 saturated heterocycles. The zero-order valence-electron chi connectivity index (χ0n) is 73.9. The lowest BCUT2D eigenvalue weighted by molar-refractivity contribution is -0.142. The molecular weight excluding hydrogens is 1640 g/mol. The number of likely N-dealkylation sites (tertiary alicyclic amines) is 3. The van der Waals surface area contributed by atoms with Crippen molar-refractivity contribution in [1.29, 1.82) is 15.8 Å². The van der Waals surface area contributed by atoms with E-state index in [9.17, 15) is 61.6 Å². The standard InChI is InChI=1S/C93H113F6N21O7/c1-56-14-12-16-80(59(56)4)112-31-23-74-77(49-112)103-91(107-84(74)115-34-37-118(67(46-115)20-27-100)83(122)19-26-92(94,95)96)127-55-72-42-66(45-111(72)11)73-17-18-81(62(7)61(73)6)113-32-24-75-78(50-113)104-90(108-85(75)117-36-39-120(69(48-117)22-29-102)88(124)63(8)93(97,98)99)126-54-71-41-65(44-110(71)10)64-40-57(2)60(5)82(43-64)114-33-25-76-79(51-114)105-89(125-53-70-15-13-30-109(70)9)106-86(76)116-35-38-119(68(47-116)21-28-101)87(123)58(3)52-121/h12,14,16-19,26,40,43,65-72,121H,3,8,13,15,20-25,30-39,41-42,44-55H2,1-2,4-7,9-11H3/b26-19+/t65?,66?,67-,68-,69-,70-,71-,72-/m0/s1. The molecule has 3 amide bonds. The van der Waals surface area contributed by atoms with Crippen LogP contribution in [0.15, 0.2) is 78.9 Å². The first-order valence-electron chi connectivity index (χ1n) is 44.1. The summed E-state index contributed by atoms with van der Waals surface area (Å²) in [5.74, 6) is -0.316. The smallest absolute Gasteiger partial charge is 0.421 e. The predicted octanol–water partition coefficient (Wildman–Crippen LogP) is 10.4. The Hall–Kier alpha value is -11.4. The van der Waals surface area contributed by atoms with Gasteiger partial charge in [-0.2, -0.15) is 72.0 Å². The number of carbonyl (C=O) groups excluding carboxylic acids is 3. The first kappa shape index (κ1) is 90.4. The zero-order chi connectivity index (χ0) is 90.2. The molecule has 3 aromatic heterocycles. The molecule has 127 heavy (non-hydrogen) atoms. The van der Waals surface area contributed by atoms with Crippen LogP contribution < -0.4 is 43.6 Å². The summed E-state index contributed by atoms with van der Waals surface area (Å²) in [5.41, 5.74) is 16.1. The van der Waals surface area contributed by atoms with Crippen molar-refractivity contribution in [3.05, 3.63) is 157 Å². The summed E-state index contributed by atoms with van der Waals surface area (Å²) < 4.78 is 102. The second-order valence-corrected chi connectivity index (χ2v) is 35.7. The fourth-order valence-electron chi connectivity index (χ4n) is 20.2. The van der Waals surface area contributed by atoms with E-state index in [0.29, 0.717) is 108 Å². The number of rotatable bonds is 24. The van der Waals surface area contributed by atoms with Gasteiger partial charge in [-0.1, -0.05) is 37.4 Å². The number of carbonyl (C=O) groups is 3. The minimum absolute atomic E-state index is 0.0283. The Kier molecular flexibility index (Phi) is 27.0. The van der Waals surface area contributed by atoms with Crippen molar-refractivity contribution in [2.75, 3.05) is 175 Å². The Morgan fingerprint density at radius 1 is 0.496 bits per heavy atom. The van der Waals surface area contributed by atoms with Gasteiger partial charge in [-0.25, -0.2) is 0 Å². The molecule has 34 heteroatoms.